The van der Waals surface area contributed by atoms with Crippen molar-refractivity contribution in [2.24, 2.45) is 0 Å². The fourth-order valence-electron chi connectivity index (χ4n) is 3.90. The van der Waals surface area contributed by atoms with Gasteiger partial charge in [-0.15, -0.1) is 0 Å². The molecule has 3 aromatic carbocycles. The van der Waals surface area contributed by atoms with Crippen LogP contribution in [0.4, 0.5) is 0 Å². The molecular formula is C20H12N2S. The van der Waals surface area contributed by atoms with E-state index in [9.17, 15) is 0 Å². The highest BCUT2D eigenvalue weighted by molar-refractivity contribution is 7.09. The number of thiophene rings is 1. The zero-order chi connectivity index (χ0) is 15.0. The van der Waals surface area contributed by atoms with Crippen LogP contribution in [0.15, 0.2) is 59.3 Å². The minimum atomic E-state index is 1.20. The van der Waals surface area contributed by atoms with E-state index in [0.717, 1.165) is 0 Å². The molecule has 6 rings (SSSR count). The number of nitrogens with one attached hydrogen (secondary N) is 2. The summed E-state index contributed by atoms with van der Waals surface area (Å²) in [5, 5.41) is 12.5. The first-order valence-corrected chi connectivity index (χ1v) is 8.65. The van der Waals surface area contributed by atoms with Crippen molar-refractivity contribution in [3.8, 4) is 0 Å². The van der Waals surface area contributed by atoms with Crippen LogP contribution in [-0.2, 0) is 0 Å². The highest BCUT2D eigenvalue weighted by Crippen LogP contribution is 2.42. The van der Waals surface area contributed by atoms with Crippen LogP contribution in [0.1, 0.15) is 0 Å². The monoisotopic (exact) mass is 312 g/mol. The van der Waals surface area contributed by atoms with Crippen molar-refractivity contribution in [2.45, 2.75) is 0 Å². The van der Waals surface area contributed by atoms with E-state index in [1.807, 2.05) is 0 Å². The Morgan fingerprint density at radius 1 is 0.565 bits per heavy atom. The van der Waals surface area contributed by atoms with Crippen LogP contribution in [0.25, 0.3) is 54.4 Å². The lowest BCUT2D eigenvalue weighted by atomic mass is 10.0. The summed E-state index contributed by atoms with van der Waals surface area (Å²) in [6.07, 6.45) is 0. The van der Waals surface area contributed by atoms with E-state index < -0.39 is 0 Å². The number of benzene rings is 3. The molecule has 0 spiro atoms. The molecule has 23 heavy (non-hydrogen) atoms. The lowest BCUT2D eigenvalue weighted by molar-refractivity contribution is 1.52. The van der Waals surface area contributed by atoms with Gasteiger partial charge in [-0.2, -0.15) is 11.3 Å². The molecule has 3 aromatic heterocycles. The van der Waals surface area contributed by atoms with E-state index in [4.69, 9.17) is 0 Å². The number of hydrogen-bond acceptors (Lipinski definition) is 1. The molecule has 0 amide bonds. The first kappa shape index (κ1) is 11.7. The van der Waals surface area contributed by atoms with Gasteiger partial charge >= 0.3 is 0 Å². The number of H-pyrrole nitrogens is 2. The highest BCUT2D eigenvalue weighted by Gasteiger charge is 2.17. The van der Waals surface area contributed by atoms with Crippen molar-refractivity contribution >= 4 is 65.7 Å². The van der Waals surface area contributed by atoms with Gasteiger partial charge in [0.2, 0.25) is 0 Å². The summed E-state index contributed by atoms with van der Waals surface area (Å²) in [4.78, 5) is 7.27. The van der Waals surface area contributed by atoms with Crippen LogP contribution in [0.2, 0.25) is 0 Å². The zero-order valence-corrected chi connectivity index (χ0v) is 13.0. The number of aromatic amines is 2. The average Bonchev–Trinajstić information content (AvgIpc) is 3.28. The summed E-state index contributed by atoms with van der Waals surface area (Å²) in [7, 11) is 0. The van der Waals surface area contributed by atoms with Crippen molar-refractivity contribution in [2.75, 3.05) is 0 Å². The average molecular weight is 312 g/mol. The number of rotatable bonds is 0. The molecule has 0 aliphatic heterocycles. The molecule has 2 nitrogen and oxygen atoms in total. The molecule has 0 radical (unpaired) electrons. The second-order valence-corrected chi connectivity index (χ2v) is 6.78. The summed E-state index contributed by atoms with van der Waals surface area (Å²) in [5.41, 5.74) is 4.81. The Balaban J connectivity index is 2.07. The summed E-state index contributed by atoms with van der Waals surface area (Å²) >= 11 is 1.78. The molecule has 3 heterocycles. The lowest BCUT2D eigenvalue weighted by Crippen LogP contribution is -1.75. The lowest BCUT2D eigenvalue weighted by Gasteiger charge is -1.99. The Hall–Kier alpha value is -2.78. The van der Waals surface area contributed by atoms with Crippen molar-refractivity contribution in [3.05, 3.63) is 59.3 Å². The highest BCUT2D eigenvalue weighted by atomic mass is 32.1. The van der Waals surface area contributed by atoms with E-state index >= 15 is 0 Å². The Kier molecular flexibility index (Phi) is 2.01. The topological polar surface area (TPSA) is 31.6 Å². The quantitative estimate of drug-likeness (QED) is 0.336. The first-order chi connectivity index (χ1) is 11.4. The maximum Gasteiger partial charge on any atom is 0.0717 e. The second kappa shape index (κ2) is 3.94. The van der Waals surface area contributed by atoms with Crippen LogP contribution in [-0.4, -0.2) is 9.97 Å². The molecule has 0 aliphatic carbocycles. The van der Waals surface area contributed by atoms with Gasteiger partial charge in [0, 0.05) is 43.4 Å². The first-order valence-electron chi connectivity index (χ1n) is 7.70. The summed E-state index contributed by atoms with van der Waals surface area (Å²) in [6, 6.07) is 17.1. The van der Waals surface area contributed by atoms with Crippen LogP contribution >= 0.6 is 11.3 Å². The number of fused-ring (bicyclic) bond motifs is 10. The fourth-order valence-corrected chi connectivity index (χ4v) is 4.73. The summed E-state index contributed by atoms with van der Waals surface area (Å²) in [5.74, 6) is 0. The van der Waals surface area contributed by atoms with Crippen LogP contribution in [0.3, 0.4) is 0 Å². The van der Waals surface area contributed by atoms with Gasteiger partial charge in [-0.1, -0.05) is 36.4 Å². The number of aromatic nitrogens is 2. The van der Waals surface area contributed by atoms with Gasteiger partial charge in [-0.05, 0) is 22.9 Å². The minimum absolute atomic E-state index is 1.20. The Bertz CT molecular complexity index is 1260. The van der Waals surface area contributed by atoms with Gasteiger partial charge in [0.1, 0.15) is 0 Å². The Morgan fingerprint density at radius 3 is 1.57 bits per heavy atom. The third-order valence-electron chi connectivity index (χ3n) is 4.86. The molecule has 0 aliphatic rings. The van der Waals surface area contributed by atoms with Crippen LogP contribution in [0.5, 0.6) is 0 Å². The van der Waals surface area contributed by atoms with E-state index in [1.165, 1.54) is 54.4 Å². The molecule has 3 heteroatoms. The molecule has 0 fully saturated rings. The standard InChI is InChI=1S/C20H12N2S/c1-3-7-15-11(5-1)17-13-9-23-10-14(13)18-12-6-2-4-8-16(12)22-20(18)19(17)21-15/h1-10,21-22H. The molecular weight excluding hydrogens is 300 g/mol. The maximum atomic E-state index is 3.64. The molecule has 108 valence electrons. The normalized spacial score (nSPS) is 12.3. The van der Waals surface area contributed by atoms with Crippen LogP contribution in [0, 0.1) is 0 Å². The Morgan fingerprint density at radius 2 is 1.04 bits per heavy atom. The predicted molar refractivity (Wildman–Crippen MR) is 101 cm³/mol. The molecule has 0 saturated heterocycles. The van der Waals surface area contributed by atoms with Crippen LogP contribution < -0.4 is 0 Å². The number of para-hydroxylation sites is 2. The van der Waals surface area contributed by atoms with Gasteiger partial charge < -0.3 is 9.97 Å². The Labute approximate surface area is 135 Å². The summed E-state index contributed by atoms with van der Waals surface area (Å²) < 4.78 is 0. The molecule has 6 aromatic rings. The predicted octanol–water partition coefficient (Wildman–Crippen LogP) is 6.17. The van der Waals surface area contributed by atoms with E-state index in [0.29, 0.717) is 0 Å². The zero-order valence-electron chi connectivity index (χ0n) is 12.2. The van der Waals surface area contributed by atoms with Gasteiger partial charge in [-0.3, -0.25) is 0 Å². The van der Waals surface area contributed by atoms with E-state index in [-0.39, 0.29) is 0 Å². The smallest absolute Gasteiger partial charge is 0.0717 e. The molecule has 0 saturated carbocycles. The largest absolute Gasteiger partial charge is 0.353 e. The molecule has 0 bridgehead atoms. The minimum Gasteiger partial charge on any atom is -0.353 e. The van der Waals surface area contributed by atoms with Gasteiger partial charge in [0.05, 0.1) is 11.0 Å². The van der Waals surface area contributed by atoms with Gasteiger partial charge in [-0.25, -0.2) is 0 Å². The van der Waals surface area contributed by atoms with Crippen molar-refractivity contribution < 1.29 is 0 Å². The van der Waals surface area contributed by atoms with E-state index in [1.54, 1.807) is 11.3 Å². The van der Waals surface area contributed by atoms with E-state index in [2.05, 4.69) is 69.3 Å². The van der Waals surface area contributed by atoms with Crippen molar-refractivity contribution in [1.82, 2.24) is 9.97 Å². The third-order valence-corrected chi connectivity index (χ3v) is 5.61. The molecule has 0 atom stereocenters. The van der Waals surface area contributed by atoms with Crippen molar-refractivity contribution in [1.29, 1.82) is 0 Å². The molecule has 2 N–H and O–H groups in total. The van der Waals surface area contributed by atoms with Gasteiger partial charge in [0.15, 0.2) is 0 Å². The summed E-state index contributed by atoms with van der Waals surface area (Å²) in [6.45, 7) is 0. The fraction of sp³-hybridized carbons (Fsp3) is 0. The van der Waals surface area contributed by atoms with Gasteiger partial charge in [0.25, 0.3) is 0 Å². The molecule has 0 unspecified atom stereocenters. The maximum absolute atomic E-state index is 3.64. The van der Waals surface area contributed by atoms with Crippen molar-refractivity contribution in [3.63, 3.8) is 0 Å². The third kappa shape index (κ3) is 1.34. The SMILES string of the molecule is c1ccc2c(c1)[nH]c1c3[nH]c4ccccc4c3c3cscc3c21. The second-order valence-electron chi connectivity index (χ2n) is 6.04. The number of hydrogen-bond donors (Lipinski definition) is 2.